The normalized spacial score (nSPS) is 17.4. The Kier molecular flexibility index (Phi) is 6.98. The average Bonchev–Trinajstić information content (AvgIpc) is 3.14. The number of rotatable bonds is 4. The number of hydrogen-bond donors (Lipinski definition) is 0. The predicted octanol–water partition coefficient (Wildman–Crippen LogP) is 6.70. The summed E-state index contributed by atoms with van der Waals surface area (Å²) in [5.74, 6) is -0.0167. The van der Waals surface area contributed by atoms with Gasteiger partial charge in [0.1, 0.15) is 5.15 Å². The number of amides is 1. The van der Waals surface area contributed by atoms with Crippen LogP contribution in [0.15, 0.2) is 66.9 Å². The Morgan fingerprint density at radius 3 is 2.56 bits per heavy atom. The standard InChI is InChI=1S/C27H24Cl2IN3O/c28-21-5-3-19(4-6-21)2-1-13-32-14-10-27(11-15-32)18-33(24-8-7-22(30)17-23(24)27)26(34)20-9-12-31-25(29)16-20/h1-9,12,16-17H,10-11,13-15,18H2/b2-1+. The van der Waals surface area contributed by atoms with Gasteiger partial charge in [0, 0.05) is 44.5 Å². The highest BCUT2D eigenvalue weighted by molar-refractivity contribution is 14.1. The van der Waals surface area contributed by atoms with Crippen LogP contribution in [-0.4, -0.2) is 42.0 Å². The number of anilines is 1. The topological polar surface area (TPSA) is 36.4 Å². The summed E-state index contributed by atoms with van der Waals surface area (Å²) < 4.78 is 1.20. The van der Waals surface area contributed by atoms with Gasteiger partial charge in [0.05, 0.1) is 0 Å². The lowest BCUT2D eigenvalue weighted by molar-refractivity contribution is 0.0977. The molecule has 1 fully saturated rings. The van der Waals surface area contributed by atoms with Gasteiger partial charge in [-0.05, 0) is 102 Å². The van der Waals surface area contributed by atoms with Crippen LogP contribution < -0.4 is 4.90 Å². The zero-order valence-electron chi connectivity index (χ0n) is 18.6. The zero-order valence-corrected chi connectivity index (χ0v) is 22.2. The lowest BCUT2D eigenvalue weighted by atomic mass is 9.74. The molecule has 5 rings (SSSR count). The van der Waals surface area contributed by atoms with Crippen LogP contribution in [0.5, 0.6) is 0 Å². The molecule has 0 N–H and O–H groups in total. The fraction of sp³-hybridized carbons (Fsp3) is 0.259. The van der Waals surface area contributed by atoms with Crippen molar-refractivity contribution in [1.82, 2.24) is 9.88 Å². The maximum Gasteiger partial charge on any atom is 0.258 e. The number of likely N-dealkylation sites (tertiary alicyclic amines) is 1. The van der Waals surface area contributed by atoms with Crippen LogP contribution in [0.25, 0.3) is 6.08 Å². The highest BCUT2D eigenvalue weighted by Gasteiger charge is 2.46. The largest absolute Gasteiger partial charge is 0.307 e. The Hall–Kier alpha value is -1.93. The van der Waals surface area contributed by atoms with E-state index in [9.17, 15) is 4.79 Å². The van der Waals surface area contributed by atoms with E-state index in [0.717, 1.165) is 48.7 Å². The van der Waals surface area contributed by atoms with Gasteiger partial charge in [0.15, 0.2) is 0 Å². The maximum atomic E-state index is 13.4. The number of fused-ring (bicyclic) bond motifs is 2. The number of carbonyl (C=O) groups excluding carboxylic acids is 1. The van der Waals surface area contributed by atoms with Crippen LogP contribution in [0.1, 0.15) is 34.3 Å². The van der Waals surface area contributed by atoms with E-state index in [2.05, 4.69) is 62.8 Å². The van der Waals surface area contributed by atoms with Crippen LogP contribution >= 0.6 is 45.8 Å². The smallest absolute Gasteiger partial charge is 0.258 e. The SMILES string of the molecule is O=C(c1ccnc(Cl)c1)N1CC2(CCN(C/C=C/c3ccc(Cl)cc3)CC2)c2cc(I)ccc21. The molecule has 3 aromatic rings. The zero-order chi connectivity index (χ0) is 23.7. The molecule has 174 valence electrons. The van der Waals surface area contributed by atoms with Gasteiger partial charge in [0.2, 0.25) is 0 Å². The molecular weight excluding hydrogens is 580 g/mol. The van der Waals surface area contributed by atoms with Gasteiger partial charge in [-0.15, -0.1) is 0 Å². The van der Waals surface area contributed by atoms with Crippen LogP contribution in [0.3, 0.4) is 0 Å². The first kappa shape index (κ1) is 23.8. The van der Waals surface area contributed by atoms with E-state index in [-0.39, 0.29) is 11.3 Å². The third-order valence-corrected chi connectivity index (χ3v) is 7.99. The van der Waals surface area contributed by atoms with Gasteiger partial charge in [-0.2, -0.15) is 0 Å². The molecule has 0 unspecified atom stereocenters. The number of aromatic nitrogens is 1. The number of pyridine rings is 1. The Morgan fingerprint density at radius 1 is 1.06 bits per heavy atom. The number of benzene rings is 2. The third-order valence-electron chi connectivity index (χ3n) is 6.86. The average molecular weight is 604 g/mol. The first-order valence-corrected chi connectivity index (χ1v) is 13.1. The lowest BCUT2D eigenvalue weighted by Gasteiger charge is -2.39. The van der Waals surface area contributed by atoms with Crippen molar-refractivity contribution < 1.29 is 4.79 Å². The van der Waals surface area contributed by atoms with Gasteiger partial charge in [-0.25, -0.2) is 4.98 Å². The second-order valence-electron chi connectivity index (χ2n) is 8.95. The van der Waals surface area contributed by atoms with Crippen molar-refractivity contribution in [2.75, 3.05) is 31.1 Å². The summed E-state index contributed by atoms with van der Waals surface area (Å²) >= 11 is 14.4. The van der Waals surface area contributed by atoms with Crippen molar-refractivity contribution in [3.05, 3.63) is 97.3 Å². The Balaban J connectivity index is 1.31. The number of hydrogen-bond acceptors (Lipinski definition) is 3. The molecule has 3 heterocycles. The van der Waals surface area contributed by atoms with Crippen molar-refractivity contribution in [3.63, 3.8) is 0 Å². The highest BCUT2D eigenvalue weighted by Crippen LogP contribution is 2.48. The summed E-state index contributed by atoms with van der Waals surface area (Å²) in [5.41, 5.74) is 4.03. The van der Waals surface area contributed by atoms with E-state index in [0.29, 0.717) is 17.3 Å². The van der Waals surface area contributed by atoms with Crippen LogP contribution in [0.4, 0.5) is 5.69 Å². The molecule has 4 nitrogen and oxygen atoms in total. The van der Waals surface area contributed by atoms with Crippen molar-refractivity contribution in [2.24, 2.45) is 0 Å². The molecule has 0 saturated carbocycles. The van der Waals surface area contributed by atoms with E-state index >= 15 is 0 Å². The highest BCUT2D eigenvalue weighted by atomic mass is 127. The van der Waals surface area contributed by atoms with E-state index in [4.69, 9.17) is 23.2 Å². The molecule has 1 spiro atoms. The second-order valence-corrected chi connectivity index (χ2v) is 11.0. The minimum atomic E-state index is -0.0167. The first-order valence-electron chi connectivity index (χ1n) is 11.3. The van der Waals surface area contributed by atoms with E-state index in [1.165, 1.54) is 9.13 Å². The molecule has 2 aromatic carbocycles. The molecule has 1 amide bonds. The summed E-state index contributed by atoms with van der Waals surface area (Å²) in [7, 11) is 0. The van der Waals surface area contributed by atoms with Crippen molar-refractivity contribution in [1.29, 1.82) is 0 Å². The number of carbonyl (C=O) groups is 1. The molecule has 1 saturated heterocycles. The molecular formula is C27H24Cl2IN3O. The molecule has 0 radical (unpaired) electrons. The minimum Gasteiger partial charge on any atom is -0.307 e. The van der Waals surface area contributed by atoms with Crippen molar-refractivity contribution >= 4 is 63.5 Å². The third kappa shape index (κ3) is 4.89. The minimum absolute atomic E-state index is 0.0145. The number of halogens is 3. The molecule has 2 aliphatic heterocycles. The number of nitrogens with zero attached hydrogens (tertiary/aromatic N) is 3. The summed E-state index contributed by atoms with van der Waals surface area (Å²) in [4.78, 5) is 21.9. The fourth-order valence-corrected chi connectivity index (χ4v) is 5.81. The Morgan fingerprint density at radius 2 is 1.82 bits per heavy atom. The van der Waals surface area contributed by atoms with Gasteiger partial charge >= 0.3 is 0 Å². The van der Waals surface area contributed by atoms with Crippen LogP contribution in [-0.2, 0) is 5.41 Å². The molecule has 0 aliphatic carbocycles. The molecule has 2 aliphatic rings. The molecule has 0 bridgehead atoms. The van der Waals surface area contributed by atoms with Crippen molar-refractivity contribution in [2.45, 2.75) is 18.3 Å². The van der Waals surface area contributed by atoms with Gasteiger partial charge in [-0.1, -0.05) is 47.5 Å². The monoisotopic (exact) mass is 603 g/mol. The molecule has 1 aromatic heterocycles. The van der Waals surface area contributed by atoms with E-state index < -0.39 is 0 Å². The second kappa shape index (κ2) is 9.97. The van der Waals surface area contributed by atoms with Crippen LogP contribution in [0, 0.1) is 3.57 Å². The van der Waals surface area contributed by atoms with Gasteiger partial charge in [0.25, 0.3) is 5.91 Å². The van der Waals surface area contributed by atoms with Gasteiger partial charge in [-0.3, -0.25) is 9.69 Å². The molecule has 0 atom stereocenters. The lowest BCUT2D eigenvalue weighted by Crippen LogP contribution is -2.46. The van der Waals surface area contributed by atoms with Crippen molar-refractivity contribution in [3.8, 4) is 0 Å². The van der Waals surface area contributed by atoms with E-state index in [1.54, 1.807) is 18.3 Å². The summed E-state index contributed by atoms with van der Waals surface area (Å²) in [6, 6.07) is 17.7. The molecule has 7 heteroatoms. The maximum absolute atomic E-state index is 13.4. The predicted molar refractivity (Wildman–Crippen MR) is 148 cm³/mol. The summed E-state index contributed by atoms with van der Waals surface area (Å²) in [5, 5.41) is 1.09. The van der Waals surface area contributed by atoms with Crippen LogP contribution in [0.2, 0.25) is 10.2 Å². The Labute approximate surface area is 223 Å². The van der Waals surface area contributed by atoms with E-state index in [1.807, 2.05) is 29.2 Å². The van der Waals surface area contributed by atoms with Gasteiger partial charge < -0.3 is 4.90 Å². The fourth-order valence-electron chi connectivity index (χ4n) is 5.02. The molecule has 34 heavy (non-hydrogen) atoms. The Bertz CT molecular complexity index is 1240. The quantitative estimate of drug-likeness (QED) is 0.246. The summed E-state index contributed by atoms with van der Waals surface area (Å²) in [6.07, 6.45) is 8.00. The summed E-state index contributed by atoms with van der Waals surface area (Å²) in [6.45, 7) is 3.61. The first-order chi connectivity index (χ1) is 16.4. The number of piperidine rings is 1.